The molecule has 2 fully saturated rings. The Morgan fingerprint density at radius 2 is 1.62 bits per heavy atom. The van der Waals surface area contributed by atoms with Gasteiger partial charge in [0.1, 0.15) is 12.7 Å². The Morgan fingerprint density at radius 3 is 2.41 bits per heavy atom. The Balaban J connectivity index is 1.02. The van der Waals surface area contributed by atoms with E-state index in [2.05, 4.69) is 79.7 Å². The van der Waals surface area contributed by atoms with Gasteiger partial charge >= 0.3 is 0 Å². The summed E-state index contributed by atoms with van der Waals surface area (Å²) in [5.74, 6) is 1.69. The molecular formula is C26H30N6. The van der Waals surface area contributed by atoms with Crippen molar-refractivity contribution in [2.75, 3.05) is 32.7 Å². The van der Waals surface area contributed by atoms with Gasteiger partial charge in [0.15, 0.2) is 0 Å². The number of aryl methyl sites for hydroxylation is 1. The highest BCUT2D eigenvalue weighted by Gasteiger charge is 2.39. The van der Waals surface area contributed by atoms with E-state index in [-0.39, 0.29) is 0 Å². The molecule has 6 rings (SSSR count). The molecule has 2 aliphatic heterocycles. The highest BCUT2D eigenvalue weighted by molar-refractivity contribution is 5.85. The monoisotopic (exact) mass is 426 g/mol. The molecule has 0 bridgehead atoms. The normalized spacial score (nSPS) is 21.5. The third-order valence-corrected chi connectivity index (χ3v) is 7.27. The molecule has 0 radical (unpaired) electrons. The van der Waals surface area contributed by atoms with Gasteiger partial charge in [-0.3, -0.25) is 9.47 Å². The van der Waals surface area contributed by atoms with E-state index in [9.17, 15) is 0 Å². The van der Waals surface area contributed by atoms with Gasteiger partial charge in [0.2, 0.25) is 0 Å². The van der Waals surface area contributed by atoms with E-state index in [1.54, 1.807) is 12.7 Å². The number of hydrogen-bond donors (Lipinski definition) is 1. The smallest absolute Gasteiger partial charge is 0.123 e. The molecule has 164 valence electrons. The van der Waals surface area contributed by atoms with Crippen molar-refractivity contribution in [1.29, 1.82) is 0 Å². The fourth-order valence-corrected chi connectivity index (χ4v) is 5.70. The molecule has 2 aromatic heterocycles. The van der Waals surface area contributed by atoms with Crippen molar-refractivity contribution < 1.29 is 0 Å². The van der Waals surface area contributed by atoms with Crippen molar-refractivity contribution in [3.63, 3.8) is 0 Å². The van der Waals surface area contributed by atoms with Crippen LogP contribution in [0.25, 0.3) is 16.6 Å². The number of benzene rings is 2. The molecule has 0 spiro atoms. The number of hydrogen-bond acceptors (Lipinski definition) is 4. The van der Waals surface area contributed by atoms with Crippen LogP contribution in [-0.4, -0.2) is 62.3 Å². The molecule has 2 atom stereocenters. The molecule has 0 amide bonds. The van der Waals surface area contributed by atoms with E-state index in [1.165, 1.54) is 61.2 Å². The topological polar surface area (TPSA) is 53.0 Å². The predicted octanol–water partition coefficient (Wildman–Crippen LogP) is 3.75. The van der Waals surface area contributed by atoms with Crippen LogP contribution in [0.15, 0.2) is 67.4 Å². The van der Waals surface area contributed by atoms with Gasteiger partial charge in [-0.1, -0.05) is 30.3 Å². The maximum atomic E-state index is 3.93. The minimum absolute atomic E-state index is 0.846. The third-order valence-electron chi connectivity index (χ3n) is 7.27. The van der Waals surface area contributed by atoms with Crippen molar-refractivity contribution in [2.24, 2.45) is 11.8 Å². The van der Waals surface area contributed by atoms with Gasteiger partial charge in [-0.2, -0.15) is 0 Å². The van der Waals surface area contributed by atoms with Gasteiger partial charge in [-0.15, -0.1) is 10.2 Å². The van der Waals surface area contributed by atoms with Crippen molar-refractivity contribution in [3.05, 3.63) is 78.5 Å². The Hall–Kier alpha value is -2.96. The average molecular weight is 427 g/mol. The van der Waals surface area contributed by atoms with Crippen LogP contribution in [0.3, 0.4) is 0 Å². The van der Waals surface area contributed by atoms with Crippen LogP contribution in [0.1, 0.15) is 17.5 Å². The molecule has 2 unspecified atom stereocenters. The first kappa shape index (κ1) is 19.7. The number of nitrogens with zero attached hydrogens (tertiary/aromatic N) is 5. The average Bonchev–Trinajstić information content (AvgIpc) is 3.59. The summed E-state index contributed by atoms with van der Waals surface area (Å²) < 4.78 is 1.96. The lowest BCUT2D eigenvalue weighted by atomic mass is 10.0. The fraction of sp³-hybridized carbons (Fsp3) is 0.385. The second-order valence-corrected chi connectivity index (χ2v) is 9.48. The van der Waals surface area contributed by atoms with Crippen LogP contribution in [-0.2, 0) is 13.0 Å². The van der Waals surface area contributed by atoms with E-state index in [1.807, 2.05) is 4.57 Å². The molecule has 2 aromatic carbocycles. The standard InChI is InChI=1S/C26H30N6/c1-2-5-20(6-3-1)13-31-16-22-14-30(15-23(22)17-31)10-4-7-21-12-27-26-9-8-24(11-25(21)26)32-18-28-29-19-32/h1-3,5-6,8-9,11-12,18-19,22-23,27H,4,7,10,13-17H2. The number of rotatable bonds is 7. The van der Waals surface area contributed by atoms with Crippen molar-refractivity contribution >= 4 is 10.9 Å². The summed E-state index contributed by atoms with van der Waals surface area (Å²) in [5, 5.41) is 9.17. The number of likely N-dealkylation sites (tertiary alicyclic amines) is 2. The summed E-state index contributed by atoms with van der Waals surface area (Å²) in [5.41, 5.74) is 5.15. The molecule has 32 heavy (non-hydrogen) atoms. The van der Waals surface area contributed by atoms with Gasteiger partial charge < -0.3 is 9.88 Å². The number of fused-ring (bicyclic) bond motifs is 2. The Labute approximate surface area is 188 Å². The van der Waals surface area contributed by atoms with Crippen molar-refractivity contribution in [1.82, 2.24) is 29.5 Å². The summed E-state index contributed by atoms with van der Waals surface area (Å²) in [6.45, 7) is 7.34. The highest BCUT2D eigenvalue weighted by atomic mass is 15.2. The lowest BCUT2D eigenvalue weighted by Crippen LogP contribution is -2.29. The van der Waals surface area contributed by atoms with Gasteiger partial charge in [0, 0.05) is 55.5 Å². The zero-order chi connectivity index (χ0) is 21.3. The van der Waals surface area contributed by atoms with Crippen LogP contribution in [0.4, 0.5) is 0 Å². The summed E-state index contributed by atoms with van der Waals surface area (Å²) in [7, 11) is 0. The van der Waals surface area contributed by atoms with E-state index in [0.29, 0.717) is 0 Å². The maximum Gasteiger partial charge on any atom is 0.123 e. The first-order valence-electron chi connectivity index (χ1n) is 11.8. The summed E-state index contributed by atoms with van der Waals surface area (Å²) in [6, 6.07) is 17.4. The second kappa shape index (κ2) is 8.52. The van der Waals surface area contributed by atoms with Crippen molar-refractivity contribution in [2.45, 2.75) is 19.4 Å². The molecule has 1 N–H and O–H groups in total. The molecule has 4 heterocycles. The van der Waals surface area contributed by atoms with Gasteiger partial charge in [-0.05, 0) is 60.5 Å². The third kappa shape index (κ3) is 3.96. The number of aromatic amines is 1. The largest absolute Gasteiger partial charge is 0.361 e. The quantitative estimate of drug-likeness (QED) is 0.489. The van der Waals surface area contributed by atoms with Gasteiger partial charge in [0.25, 0.3) is 0 Å². The molecule has 2 aliphatic rings. The Kier molecular flexibility index (Phi) is 5.25. The predicted molar refractivity (Wildman–Crippen MR) is 127 cm³/mol. The van der Waals surface area contributed by atoms with E-state index >= 15 is 0 Å². The molecule has 6 heteroatoms. The molecule has 4 aromatic rings. The van der Waals surface area contributed by atoms with Crippen LogP contribution in [0.5, 0.6) is 0 Å². The molecule has 6 nitrogen and oxygen atoms in total. The summed E-state index contributed by atoms with van der Waals surface area (Å²) in [4.78, 5) is 8.79. The van der Waals surface area contributed by atoms with Crippen molar-refractivity contribution in [3.8, 4) is 5.69 Å². The highest BCUT2D eigenvalue weighted by Crippen LogP contribution is 2.32. The van der Waals surface area contributed by atoms with Gasteiger partial charge in [0.05, 0.1) is 0 Å². The van der Waals surface area contributed by atoms with Crippen LogP contribution in [0.2, 0.25) is 0 Å². The summed E-state index contributed by atoms with van der Waals surface area (Å²) >= 11 is 0. The SMILES string of the molecule is c1ccc(CN2CC3CN(CCCc4c[nH]c5ccc(-n6cnnc6)cc45)CC3C2)cc1. The summed E-state index contributed by atoms with van der Waals surface area (Å²) in [6.07, 6.45) is 7.99. The minimum atomic E-state index is 0.846. The van der Waals surface area contributed by atoms with E-state index in [0.717, 1.165) is 30.5 Å². The number of aromatic nitrogens is 4. The van der Waals surface area contributed by atoms with E-state index < -0.39 is 0 Å². The Morgan fingerprint density at radius 1 is 0.875 bits per heavy atom. The minimum Gasteiger partial charge on any atom is -0.361 e. The molecule has 0 aliphatic carbocycles. The first-order valence-corrected chi connectivity index (χ1v) is 11.8. The zero-order valence-corrected chi connectivity index (χ0v) is 18.4. The van der Waals surface area contributed by atoms with Gasteiger partial charge in [-0.25, -0.2) is 0 Å². The number of nitrogens with one attached hydrogen (secondary N) is 1. The van der Waals surface area contributed by atoms with Crippen LogP contribution < -0.4 is 0 Å². The lowest BCUT2D eigenvalue weighted by Gasteiger charge is -2.21. The van der Waals surface area contributed by atoms with Crippen LogP contribution >= 0.6 is 0 Å². The van der Waals surface area contributed by atoms with E-state index in [4.69, 9.17) is 0 Å². The fourth-order valence-electron chi connectivity index (χ4n) is 5.70. The Bertz CT molecular complexity index is 1150. The molecular weight excluding hydrogens is 396 g/mol. The number of H-pyrrole nitrogens is 1. The van der Waals surface area contributed by atoms with Crippen LogP contribution in [0, 0.1) is 11.8 Å². The molecule has 0 saturated carbocycles. The zero-order valence-electron chi connectivity index (χ0n) is 18.4. The second-order valence-electron chi connectivity index (χ2n) is 9.48. The molecule has 2 saturated heterocycles. The lowest BCUT2D eigenvalue weighted by molar-refractivity contribution is 0.249. The maximum absolute atomic E-state index is 3.93. The first-order chi connectivity index (χ1) is 15.8.